The van der Waals surface area contributed by atoms with Crippen molar-refractivity contribution in [3.8, 4) is 5.75 Å². The minimum absolute atomic E-state index is 0.000803. The van der Waals surface area contributed by atoms with Gasteiger partial charge in [0.25, 0.3) is 5.91 Å². The van der Waals surface area contributed by atoms with E-state index in [0.717, 1.165) is 37.0 Å². The third kappa shape index (κ3) is 4.47. The maximum absolute atomic E-state index is 13.3. The van der Waals surface area contributed by atoms with E-state index in [9.17, 15) is 9.59 Å². The van der Waals surface area contributed by atoms with E-state index >= 15 is 0 Å². The highest BCUT2D eigenvalue weighted by atomic mass is 16.5. The van der Waals surface area contributed by atoms with Gasteiger partial charge in [0.05, 0.1) is 19.2 Å². The standard InChI is InChI=1S/C23H29N5O3/c1-15-13-18(26-23(24)25-15)22(30)27-12-11-20-19(27)5-3-4-6-21(29)28(20)14-16-7-9-17(31-2)10-8-16/h7-10,13,19-20H,3-6,11-12,14H2,1-2H3,(H2,24,25,26)/t19-,20+/m1/s1. The topological polar surface area (TPSA) is 102 Å². The molecule has 2 atom stereocenters. The molecule has 3 heterocycles. The summed E-state index contributed by atoms with van der Waals surface area (Å²) in [5, 5.41) is 0. The predicted molar refractivity (Wildman–Crippen MR) is 116 cm³/mol. The van der Waals surface area contributed by atoms with E-state index in [1.54, 1.807) is 20.1 Å². The molecule has 0 aliphatic carbocycles. The van der Waals surface area contributed by atoms with Crippen molar-refractivity contribution in [2.45, 2.75) is 57.7 Å². The molecule has 2 N–H and O–H groups in total. The molecule has 2 amide bonds. The van der Waals surface area contributed by atoms with Crippen molar-refractivity contribution in [2.24, 2.45) is 0 Å². The van der Waals surface area contributed by atoms with Crippen LogP contribution in [0.15, 0.2) is 30.3 Å². The summed E-state index contributed by atoms with van der Waals surface area (Å²) < 4.78 is 5.24. The maximum Gasteiger partial charge on any atom is 0.272 e. The van der Waals surface area contributed by atoms with Crippen molar-refractivity contribution < 1.29 is 14.3 Å². The maximum atomic E-state index is 13.3. The second-order valence-electron chi connectivity index (χ2n) is 8.29. The van der Waals surface area contributed by atoms with Gasteiger partial charge < -0.3 is 20.3 Å². The number of carbonyl (C=O) groups excluding carboxylic acids is 2. The summed E-state index contributed by atoms with van der Waals surface area (Å²) in [7, 11) is 1.64. The zero-order valence-electron chi connectivity index (χ0n) is 18.1. The van der Waals surface area contributed by atoms with Crippen LogP contribution < -0.4 is 10.5 Å². The summed E-state index contributed by atoms with van der Waals surface area (Å²) in [4.78, 5) is 38.4. The lowest BCUT2D eigenvalue weighted by Gasteiger charge is -2.37. The number of carbonyl (C=O) groups is 2. The van der Waals surface area contributed by atoms with Crippen LogP contribution in [0.5, 0.6) is 5.75 Å². The van der Waals surface area contributed by atoms with Crippen LogP contribution in [-0.4, -0.2) is 57.3 Å². The largest absolute Gasteiger partial charge is 0.497 e. The molecule has 2 aliphatic rings. The Hall–Kier alpha value is -3.16. The van der Waals surface area contributed by atoms with E-state index in [4.69, 9.17) is 10.5 Å². The molecule has 1 aromatic carbocycles. The quantitative estimate of drug-likeness (QED) is 0.811. The molecule has 2 aromatic rings. The van der Waals surface area contributed by atoms with Crippen LogP contribution in [0, 0.1) is 6.92 Å². The molecule has 2 aliphatic heterocycles. The molecule has 2 fully saturated rings. The third-order valence-corrected chi connectivity index (χ3v) is 6.23. The van der Waals surface area contributed by atoms with Gasteiger partial charge in [-0.25, -0.2) is 9.97 Å². The first kappa shape index (κ1) is 21.1. The highest BCUT2D eigenvalue weighted by Gasteiger charge is 2.42. The number of benzene rings is 1. The monoisotopic (exact) mass is 423 g/mol. The number of aromatic nitrogens is 2. The minimum Gasteiger partial charge on any atom is -0.497 e. The SMILES string of the molecule is COc1ccc(CN2C(=O)CCCC[C@@H]3[C@@H]2CCN3C(=O)c2cc(C)nc(N)n2)cc1. The number of nitrogen functional groups attached to an aromatic ring is 1. The van der Waals surface area contributed by atoms with Gasteiger partial charge in [-0.05, 0) is 49.9 Å². The Bertz CT molecular complexity index is 942. The highest BCUT2D eigenvalue weighted by molar-refractivity contribution is 5.93. The van der Waals surface area contributed by atoms with E-state index < -0.39 is 0 Å². The average Bonchev–Trinajstić information content (AvgIpc) is 3.16. The normalized spacial score (nSPS) is 21.4. The molecule has 4 rings (SSSR count). The smallest absolute Gasteiger partial charge is 0.272 e. The molecule has 8 heteroatoms. The van der Waals surface area contributed by atoms with E-state index in [-0.39, 0.29) is 29.8 Å². The van der Waals surface area contributed by atoms with Gasteiger partial charge in [0.2, 0.25) is 11.9 Å². The number of amides is 2. The van der Waals surface area contributed by atoms with Crippen LogP contribution in [-0.2, 0) is 11.3 Å². The summed E-state index contributed by atoms with van der Waals surface area (Å²) >= 11 is 0. The lowest BCUT2D eigenvalue weighted by molar-refractivity contribution is -0.135. The number of aryl methyl sites for hydroxylation is 1. The summed E-state index contributed by atoms with van der Waals surface area (Å²) in [6.07, 6.45) is 3.95. The van der Waals surface area contributed by atoms with Crippen LogP contribution in [0.1, 0.15) is 53.8 Å². The molecular formula is C23H29N5O3. The third-order valence-electron chi connectivity index (χ3n) is 6.23. The van der Waals surface area contributed by atoms with Gasteiger partial charge in [-0.1, -0.05) is 18.6 Å². The fourth-order valence-corrected chi connectivity index (χ4v) is 4.74. The number of rotatable bonds is 4. The highest BCUT2D eigenvalue weighted by Crippen LogP contribution is 2.32. The molecular weight excluding hydrogens is 394 g/mol. The fourth-order valence-electron chi connectivity index (χ4n) is 4.74. The lowest BCUT2D eigenvalue weighted by atomic mass is 9.96. The summed E-state index contributed by atoms with van der Waals surface area (Å²) in [6.45, 7) is 2.93. The number of hydrogen-bond acceptors (Lipinski definition) is 6. The summed E-state index contributed by atoms with van der Waals surface area (Å²) in [5.74, 6) is 0.912. The molecule has 8 nitrogen and oxygen atoms in total. The number of likely N-dealkylation sites (tertiary alicyclic amines) is 2. The Morgan fingerprint density at radius 2 is 1.94 bits per heavy atom. The van der Waals surface area contributed by atoms with Gasteiger partial charge in [-0.2, -0.15) is 0 Å². The van der Waals surface area contributed by atoms with Crippen LogP contribution in [0.25, 0.3) is 0 Å². The van der Waals surface area contributed by atoms with Crippen molar-refractivity contribution in [3.05, 3.63) is 47.3 Å². The van der Waals surface area contributed by atoms with E-state index in [2.05, 4.69) is 9.97 Å². The number of methoxy groups -OCH3 is 1. The molecule has 0 spiro atoms. The summed E-state index contributed by atoms with van der Waals surface area (Å²) in [5.41, 5.74) is 7.81. The lowest BCUT2D eigenvalue weighted by Crippen LogP contribution is -2.49. The van der Waals surface area contributed by atoms with Crippen molar-refractivity contribution in [3.63, 3.8) is 0 Å². The van der Waals surface area contributed by atoms with Crippen molar-refractivity contribution in [1.29, 1.82) is 0 Å². The van der Waals surface area contributed by atoms with Crippen LogP contribution >= 0.6 is 0 Å². The molecule has 0 unspecified atom stereocenters. The second-order valence-corrected chi connectivity index (χ2v) is 8.29. The molecule has 0 saturated carbocycles. The zero-order valence-corrected chi connectivity index (χ0v) is 18.1. The van der Waals surface area contributed by atoms with Gasteiger partial charge in [-0.3, -0.25) is 9.59 Å². The molecule has 31 heavy (non-hydrogen) atoms. The van der Waals surface area contributed by atoms with Crippen molar-refractivity contribution in [2.75, 3.05) is 19.4 Å². The Balaban J connectivity index is 1.58. The molecule has 2 saturated heterocycles. The number of fused-ring (bicyclic) bond motifs is 1. The van der Waals surface area contributed by atoms with Gasteiger partial charge in [0, 0.05) is 25.2 Å². The Kier molecular flexibility index (Phi) is 6.06. The number of nitrogens with zero attached hydrogens (tertiary/aromatic N) is 4. The second kappa shape index (κ2) is 8.91. The number of hydrogen-bond donors (Lipinski definition) is 1. The van der Waals surface area contributed by atoms with Crippen LogP contribution in [0.2, 0.25) is 0 Å². The van der Waals surface area contributed by atoms with Crippen molar-refractivity contribution in [1.82, 2.24) is 19.8 Å². The van der Waals surface area contributed by atoms with Crippen molar-refractivity contribution >= 4 is 17.8 Å². The van der Waals surface area contributed by atoms with Crippen LogP contribution in [0.3, 0.4) is 0 Å². The first-order valence-electron chi connectivity index (χ1n) is 10.8. The first-order valence-corrected chi connectivity index (χ1v) is 10.8. The van der Waals surface area contributed by atoms with Gasteiger partial charge in [0.15, 0.2) is 0 Å². The Morgan fingerprint density at radius 1 is 1.16 bits per heavy atom. The predicted octanol–water partition coefficient (Wildman–Crippen LogP) is 2.56. The Morgan fingerprint density at radius 3 is 2.65 bits per heavy atom. The average molecular weight is 424 g/mol. The van der Waals surface area contributed by atoms with Crippen LogP contribution in [0.4, 0.5) is 5.95 Å². The van der Waals surface area contributed by atoms with Gasteiger partial charge in [-0.15, -0.1) is 0 Å². The number of anilines is 1. The molecule has 164 valence electrons. The minimum atomic E-state index is -0.137. The molecule has 1 aromatic heterocycles. The molecule has 0 bridgehead atoms. The van der Waals surface area contributed by atoms with E-state index in [0.29, 0.717) is 30.9 Å². The first-order chi connectivity index (χ1) is 15.0. The van der Waals surface area contributed by atoms with E-state index in [1.807, 2.05) is 34.1 Å². The zero-order chi connectivity index (χ0) is 22.0. The van der Waals surface area contributed by atoms with Gasteiger partial charge >= 0.3 is 0 Å². The molecule has 0 radical (unpaired) electrons. The fraction of sp³-hybridized carbons (Fsp3) is 0.478. The Labute approximate surface area is 182 Å². The van der Waals surface area contributed by atoms with Gasteiger partial charge in [0.1, 0.15) is 11.4 Å². The summed E-state index contributed by atoms with van der Waals surface area (Å²) in [6, 6.07) is 9.45. The number of nitrogens with two attached hydrogens (primary N) is 1. The van der Waals surface area contributed by atoms with E-state index in [1.165, 1.54) is 0 Å². The number of ether oxygens (including phenoxy) is 1.